The van der Waals surface area contributed by atoms with E-state index in [4.69, 9.17) is 9.15 Å². The van der Waals surface area contributed by atoms with Crippen molar-refractivity contribution < 1.29 is 9.15 Å². The molecule has 2 rings (SSSR count). The number of allylic oxidation sites excluding steroid dienone is 1. The molecule has 0 atom stereocenters. The maximum Gasteiger partial charge on any atom is 0.379 e. The maximum absolute atomic E-state index is 11.6. The van der Waals surface area contributed by atoms with Gasteiger partial charge in [-0.2, -0.15) is 0 Å². The summed E-state index contributed by atoms with van der Waals surface area (Å²) in [6.45, 7) is 4.06. The van der Waals surface area contributed by atoms with Crippen molar-refractivity contribution in [3.8, 4) is 5.75 Å². The van der Waals surface area contributed by atoms with Crippen LogP contribution in [0.1, 0.15) is 13.8 Å². The topological polar surface area (TPSA) is 39.4 Å². The number of hydrogen-bond acceptors (Lipinski definition) is 3. The molecule has 0 N–H and O–H groups in total. The van der Waals surface area contributed by atoms with E-state index in [-0.39, 0.29) is 5.75 Å². The summed E-state index contributed by atoms with van der Waals surface area (Å²) in [4.78, 5) is 11.6. The lowest BCUT2D eigenvalue weighted by molar-refractivity contribution is 0.432. The highest BCUT2D eigenvalue weighted by Gasteiger charge is 2.04. The molecule has 0 aliphatic rings. The van der Waals surface area contributed by atoms with Gasteiger partial charge in [0.05, 0.1) is 6.26 Å². The van der Waals surface area contributed by atoms with Crippen LogP contribution in [0.4, 0.5) is 0 Å². The molecule has 1 heterocycles. The summed E-state index contributed by atoms with van der Waals surface area (Å²) in [6, 6.07) is 9.02. The monoisotopic (exact) mass is 230 g/mol. The van der Waals surface area contributed by atoms with Gasteiger partial charge in [0.2, 0.25) is 5.75 Å². The van der Waals surface area contributed by atoms with Gasteiger partial charge in [0.1, 0.15) is 5.58 Å². The number of fused-ring (bicyclic) bond motifs is 1. The summed E-state index contributed by atoms with van der Waals surface area (Å²) in [7, 11) is 0. The maximum atomic E-state index is 11.6. The van der Waals surface area contributed by atoms with Gasteiger partial charge in [0.25, 0.3) is 0 Å². The Labute approximate surface area is 99.3 Å². The molecule has 0 unspecified atom stereocenters. The van der Waals surface area contributed by atoms with Crippen LogP contribution in [0.15, 0.2) is 51.9 Å². The van der Waals surface area contributed by atoms with E-state index in [0.717, 1.165) is 5.39 Å². The number of hydrogen-bond donors (Lipinski definition) is 0. The van der Waals surface area contributed by atoms with Gasteiger partial charge in [-0.15, -0.1) is 0 Å². The third-order valence-electron chi connectivity index (χ3n) is 2.27. The normalized spacial score (nSPS) is 11.5. The van der Waals surface area contributed by atoms with E-state index in [1.54, 1.807) is 12.1 Å². The van der Waals surface area contributed by atoms with Crippen LogP contribution < -0.4 is 10.4 Å². The highest BCUT2D eigenvalue weighted by atomic mass is 16.5. The Morgan fingerprint density at radius 3 is 2.82 bits per heavy atom. The second kappa shape index (κ2) is 4.87. The Bertz CT molecular complexity index is 594. The van der Waals surface area contributed by atoms with Crippen molar-refractivity contribution in [2.45, 2.75) is 13.8 Å². The summed E-state index contributed by atoms with van der Waals surface area (Å²) >= 11 is 0. The molecular formula is C14H14O3. The van der Waals surface area contributed by atoms with E-state index < -0.39 is 5.63 Å². The lowest BCUT2D eigenvalue weighted by Gasteiger charge is -2.01. The molecule has 0 saturated carbocycles. The molecule has 1 aromatic carbocycles. The summed E-state index contributed by atoms with van der Waals surface area (Å²) < 4.78 is 10.4. The molecule has 0 saturated heterocycles. The molecule has 1 aromatic heterocycles. The summed E-state index contributed by atoms with van der Waals surface area (Å²) in [5.41, 5.74) is 0.106. The molecule has 0 bridgehead atoms. The van der Waals surface area contributed by atoms with Gasteiger partial charge < -0.3 is 9.15 Å². The van der Waals surface area contributed by atoms with Crippen LogP contribution in [0, 0.1) is 5.92 Å². The van der Waals surface area contributed by atoms with E-state index >= 15 is 0 Å². The third kappa shape index (κ3) is 2.75. The Balaban J connectivity index is 2.34. The predicted octanol–water partition coefficient (Wildman–Crippen LogP) is 3.34. The van der Waals surface area contributed by atoms with Gasteiger partial charge in [-0.05, 0) is 24.1 Å². The van der Waals surface area contributed by atoms with Crippen LogP contribution in [0.2, 0.25) is 0 Å². The van der Waals surface area contributed by atoms with Gasteiger partial charge in [0.15, 0.2) is 0 Å². The molecule has 88 valence electrons. The van der Waals surface area contributed by atoms with Crippen molar-refractivity contribution in [1.82, 2.24) is 0 Å². The van der Waals surface area contributed by atoms with E-state index in [9.17, 15) is 4.79 Å². The van der Waals surface area contributed by atoms with Crippen LogP contribution in [0.5, 0.6) is 5.75 Å². The Kier molecular flexibility index (Phi) is 3.28. The van der Waals surface area contributed by atoms with Crippen molar-refractivity contribution in [2.75, 3.05) is 0 Å². The Morgan fingerprint density at radius 1 is 1.29 bits per heavy atom. The lowest BCUT2D eigenvalue weighted by Crippen LogP contribution is -2.02. The SMILES string of the molecule is CC(C)C=COc1cc2ccccc2oc1=O. The first kappa shape index (κ1) is 11.5. The molecule has 0 aliphatic carbocycles. The number of rotatable bonds is 3. The van der Waals surface area contributed by atoms with Crippen LogP contribution >= 0.6 is 0 Å². The fraction of sp³-hybridized carbons (Fsp3) is 0.214. The van der Waals surface area contributed by atoms with Crippen molar-refractivity contribution in [2.24, 2.45) is 5.92 Å². The zero-order chi connectivity index (χ0) is 12.3. The third-order valence-corrected chi connectivity index (χ3v) is 2.27. The predicted molar refractivity (Wildman–Crippen MR) is 67.1 cm³/mol. The summed E-state index contributed by atoms with van der Waals surface area (Å²) in [5, 5.41) is 0.847. The average Bonchev–Trinajstić information content (AvgIpc) is 2.29. The van der Waals surface area contributed by atoms with Crippen LogP contribution in [-0.4, -0.2) is 0 Å². The first-order chi connectivity index (χ1) is 8.16. The summed E-state index contributed by atoms with van der Waals surface area (Å²) in [6.07, 6.45) is 3.39. The number of ether oxygens (including phenoxy) is 1. The molecule has 0 spiro atoms. The van der Waals surface area contributed by atoms with E-state index in [0.29, 0.717) is 11.5 Å². The first-order valence-corrected chi connectivity index (χ1v) is 5.53. The van der Waals surface area contributed by atoms with Crippen LogP contribution in [-0.2, 0) is 0 Å². The van der Waals surface area contributed by atoms with E-state index in [1.807, 2.05) is 38.1 Å². The molecule has 0 amide bonds. The molecule has 2 aromatic rings. The summed E-state index contributed by atoms with van der Waals surface area (Å²) in [5.74, 6) is 0.586. The average molecular weight is 230 g/mol. The van der Waals surface area contributed by atoms with Gasteiger partial charge in [-0.25, -0.2) is 4.79 Å². The zero-order valence-corrected chi connectivity index (χ0v) is 9.84. The van der Waals surface area contributed by atoms with Gasteiger partial charge >= 0.3 is 5.63 Å². The second-order valence-corrected chi connectivity index (χ2v) is 4.13. The van der Waals surface area contributed by atoms with E-state index in [2.05, 4.69) is 0 Å². The number of para-hydroxylation sites is 1. The molecule has 0 fully saturated rings. The Morgan fingerprint density at radius 2 is 2.06 bits per heavy atom. The van der Waals surface area contributed by atoms with Crippen LogP contribution in [0.25, 0.3) is 11.0 Å². The van der Waals surface area contributed by atoms with Gasteiger partial charge in [-0.1, -0.05) is 32.0 Å². The van der Waals surface area contributed by atoms with E-state index in [1.165, 1.54) is 6.26 Å². The van der Waals surface area contributed by atoms with Crippen molar-refractivity contribution in [1.29, 1.82) is 0 Å². The molecular weight excluding hydrogens is 216 g/mol. The van der Waals surface area contributed by atoms with Crippen molar-refractivity contribution in [3.05, 3.63) is 53.1 Å². The van der Waals surface area contributed by atoms with Crippen molar-refractivity contribution in [3.63, 3.8) is 0 Å². The second-order valence-electron chi connectivity index (χ2n) is 4.13. The minimum Gasteiger partial charge on any atom is -0.458 e. The largest absolute Gasteiger partial charge is 0.458 e. The zero-order valence-electron chi connectivity index (χ0n) is 9.84. The molecule has 3 nitrogen and oxygen atoms in total. The lowest BCUT2D eigenvalue weighted by atomic mass is 10.2. The highest BCUT2D eigenvalue weighted by Crippen LogP contribution is 2.16. The minimum atomic E-state index is -0.461. The smallest absolute Gasteiger partial charge is 0.379 e. The quantitative estimate of drug-likeness (QED) is 0.599. The van der Waals surface area contributed by atoms with Crippen molar-refractivity contribution >= 4 is 11.0 Å². The minimum absolute atomic E-state index is 0.209. The fourth-order valence-corrected chi connectivity index (χ4v) is 1.39. The fourth-order valence-electron chi connectivity index (χ4n) is 1.39. The molecule has 0 radical (unpaired) electrons. The number of benzene rings is 1. The van der Waals surface area contributed by atoms with Gasteiger partial charge in [0, 0.05) is 5.39 Å². The van der Waals surface area contributed by atoms with Crippen LogP contribution in [0.3, 0.4) is 0 Å². The van der Waals surface area contributed by atoms with Gasteiger partial charge in [-0.3, -0.25) is 0 Å². The molecule has 17 heavy (non-hydrogen) atoms. The highest BCUT2D eigenvalue weighted by molar-refractivity contribution is 5.77. The Hall–Kier alpha value is -2.03. The first-order valence-electron chi connectivity index (χ1n) is 5.53. The molecule has 0 aliphatic heterocycles. The molecule has 3 heteroatoms. The standard InChI is InChI=1S/C14H14O3/c1-10(2)7-8-16-13-9-11-5-3-4-6-12(11)17-14(13)15/h3-10H,1-2H3.